The Balaban J connectivity index is 1.41. The minimum Gasteiger partial charge on any atom is -0.470 e. The van der Waals surface area contributed by atoms with Crippen LogP contribution in [-0.2, 0) is 16.0 Å². The standard InChI is InChI=1S/C18H22N4O2S/c1-12(2)15-11-20-17(24-15)6-5-14-10-21-18(25-14)22-16(23)8-13-4-3-7-19-9-13/h3-7,9-12,17-18,20-21H,8H2,1-2H3,(H,22,23)/b6-5+. The lowest BCUT2D eigenvalue weighted by atomic mass is 10.2. The Morgan fingerprint density at radius 3 is 3.04 bits per heavy atom. The van der Waals surface area contributed by atoms with E-state index < -0.39 is 0 Å². The van der Waals surface area contributed by atoms with E-state index in [4.69, 9.17) is 4.74 Å². The third-order valence-electron chi connectivity index (χ3n) is 3.67. The predicted molar refractivity (Wildman–Crippen MR) is 98.8 cm³/mol. The molecule has 1 aromatic heterocycles. The second-order valence-corrected chi connectivity index (χ2v) is 7.26. The second kappa shape index (κ2) is 8.11. The second-order valence-electron chi connectivity index (χ2n) is 6.08. The summed E-state index contributed by atoms with van der Waals surface area (Å²) in [5.74, 6) is 1.29. The lowest BCUT2D eigenvalue weighted by Gasteiger charge is -2.13. The number of thioether (sulfide) groups is 1. The van der Waals surface area contributed by atoms with Gasteiger partial charge in [-0.25, -0.2) is 0 Å². The minimum absolute atomic E-state index is 0.0387. The first-order valence-electron chi connectivity index (χ1n) is 8.22. The van der Waals surface area contributed by atoms with Gasteiger partial charge in [-0.1, -0.05) is 31.7 Å². The zero-order valence-corrected chi connectivity index (χ0v) is 15.0. The number of aromatic nitrogens is 1. The summed E-state index contributed by atoms with van der Waals surface area (Å²) in [6.45, 7) is 4.19. The van der Waals surface area contributed by atoms with Crippen molar-refractivity contribution in [3.8, 4) is 0 Å². The highest BCUT2D eigenvalue weighted by molar-refractivity contribution is 8.04. The van der Waals surface area contributed by atoms with Crippen LogP contribution in [0.2, 0.25) is 0 Å². The molecule has 6 nitrogen and oxygen atoms in total. The average molecular weight is 358 g/mol. The molecule has 0 bridgehead atoms. The number of amides is 1. The van der Waals surface area contributed by atoms with Crippen LogP contribution < -0.4 is 16.0 Å². The van der Waals surface area contributed by atoms with Crippen molar-refractivity contribution in [3.63, 3.8) is 0 Å². The van der Waals surface area contributed by atoms with Crippen LogP contribution in [0.1, 0.15) is 19.4 Å². The largest absolute Gasteiger partial charge is 0.470 e. The van der Waals surface area contributed by atoms with Crippen LogP contribution in [0, 0.1) is 5.92 Å². The number of hydrogen-bond donors (Lipinski definition) is 3. The summed E-state index contributed by atoms with van der Waals surface area (Å²) in [5, 5.41) is 9.28. The molecule has 2 atom stereocenters. The van der Waals surface area contributed by atoms with E-state index in [2.05, 4.69) is 34.8 Å². The third kappa shape index (κ3) is 5.03. The summed E-state index contributed by atoms with van der Waals surface area (Å²) >= 11 is 1.56. The first kappa shape index (κ1) is 17.4. The minimum atomic E-state index is -0.161. The van der Waals surface area contributed by atoms with Crippen LogP contribution in [-0.4, -0.2) is 22.6 Å². The van der Waals surface area contributed by atoms with Crippen LogP contribution >= 0.6 is 11.8 Å². The molecule has 3 heterocycles. The number of allylic oxidation sites excluding steroid dienone is 2. The van der Waals surface area contributed by atoms with Gasteiger partial charge in [-0.15, -0.1) is 0 Å². The quantitative estimate of drug-likeness (QED) is 0.724. The number of nitrogens with one attached hydrogen (secondary N) is 3. The van der Waals surface area contributed by atoms with Gasteiger partial charge in [0.15, 0.2) is 11.7 Å². The fraction of sp³-hybridized carbons (Fsp3) is 0.333. The van der Waals surface area contributed by atoms with E-state index in [0.717, 1.165) is 16.2 Å². The number of pyridine rings is 1. The Morgan fingerprint density at radius 1 is 1.44 bits per heavy atom. The SMILES string of the molecule is CC(C)C1=CNC(/C=C/C2=CNC(NC(=O)Cc3cccnc3)S2)O1. The summed E-state index contributed by atoms with van der Waals surface area (Å²) < 4.78 is 5.77. The van der Waals surface area contributed by atoms with Gasteiger partial charge in [0.1, 0.15) is 5.76 Å². The maximum atomic E-state index is 12.1. The molecule has 1 amide bonds. The summed E-state index contributed by atoms with van der Waals surface area (Å²) in [5.41, 5.74) is 0.736. The van der Waals surface area contributed by atoms with Gasteiger partial charge in [-0.05, 0) is 23.8 Å². The first-order chi connectivity index (χ1) is 12.1. The fourth-order valence-electron chi connectivity index (χ4n) is 2.36. The molecule has 0 saturated carbocycles. The predicted octanol–water partition coefficient (Wildman–Crippen LogP) is 2.20. The molecule has 2 aliphatic rings. The first-order valence-corrected chi connectivity index (χ1v) is 9.10. The molecule has 0 aromatic carbocycles. The highest BCUT2D eigenvalue weighted by atomic mass is 32.2. The Kier molecular flexibility index (Phi) is 5.65. The van der Waals surface area contributed by atoms with Gasteiger partial charge in [-0.2, -0.15) is 0 Å². The Bertz CT molecular complexity index is 700. The highest BCUT2D eigenvalue weighted by Gasteiger charge is 2.20. The van der Waals surface area contributed by atoms with Crippen molar-refractivity contribution >= 4 is 17.7 Å². The molecule has 25 heavy (non-hydrogen) atoms. The van der Waals surface area contributed by atoms with Crippen LogP contribution in [0.5, 0.6) is 0 Å². The normalized spacial score (nSPS) is 22.2. The maximum Gasteiger partial charge on any atom is 0.226 e. The van der Waals surface area contributed by atoms with Crippen LogP contribution in [0.25, 0.3) is 0 Å². The smallest absolute Gasteiger partial charge is 0.226 e. The van der Waals surface area contributed by atoms with Gasteiger partial charge in [0.2, 0.25) is 5.91 Å². The van der Waals surface area contributed by atoms with Gasteiger partial charge < -0.3 is 20.7 Å². The van der Waals surface area contributed by atoms with E-state index in [0.29, 0.717) is 12.3 Å². The van der Waals surface area contributed by atoms with E-state index in [9.17, 15) is 4.79 Å². The molecule has 1 aromatic rings. The number of rotatable bonds is 6. The Labute approximate surface area is 151 Å². The molecule has 0 radical (unpaired) electrons. The van der Waals surface area contributed by atoms with Crippen molar-refractivity contribution in [2.75, 3.05) is 0 Å². The van der Waals surface area contributed by atoms with Crippen LogP contribution in [0.15, 0.2) is 59.7 Å². The molecule has 0 saturated heterocycles. The average Bonchev–Trinajstić information content (AvgIpc) is 3.23. The van der Waals surface area contributed by atoms with Crippen molar-refractivity contribution < 1.29 is 9.53 Å². The van der Waals surface area contributed by atoms with Crippen molar-refractivity contribution in [1.29, 1.82) is 0 Å². The van der Waals surface area contributed by atoms with Gasteiger partial charge >= 0.3 is 0 Å². The third-order valence-corrected chi connectivity index (χ3v) is 4.68. The van der Waals surface area contributed by atoms with Crippen molar-refractivity contribution in [1.82, 2.24) is 20.9 Å². The molecule has 3 N–H and O–H groups in total. The van der Waals surface area contributed by atoms with E-state index >= 15 is 0 Å². The van der Waals surface area contributed by atoms with Crippen LogP contribution in [0.3, 0.4) is 0 Å². The van der Waals surface area contributed by atoms with Gasteiger partial charge in [0.25, 0.3) is 0 Å². The van der Waals surface area contributed by atoms with E-state index in [1.54, 1.807) is 24.2 Å². The topological polar surface area (TPSA) is 75.3 Å². The lowest BCUT2D eigenvalue weighted by Crippen LogP contribution is -2.39. The molecule has 2 unspecified atom stereocenters. The molecule has 132 valence electrons. The maximum absolute atomic E-state index is 12.1. The van der Waals surface area contributed by atoms with Crippen molar-refractivity contribution in [2.45, 2.75) is 32.0 Å². The molecular formula is C18H22N4O2S. The summed E-state index contributed by atoms with van der Waals surface area (Å²) in [6, 6.07) is 3.72. The summed E-state index contributed by atoms with van der Waals surface area (Å²) in [4.78, 5) is 17.1. The molecule has 0 fully saturated rings. The molecular weight excluding hydrogens is 336 g/mol. The van der Waals surface area contributed by atoms with Crippen molar-refractivity contribution in [2.24, 2.45) is 5.92 Å². The summed E-state index contributed by atoms with van der Waals surface area (Å²) in [7, 11) is 0. The number of ether oxygens (including phenoxy) is 1. The monoisotopic (exact) mass is 358 g/mol. The number of nitrogens with zero attached hydrogens (tertiary/aromatic N) is 1. The molecule has 2 aliphatic heterocycles. The zero-order valence-electron chi connectivity index (χ0n) is 14.2. The fourth-order valence-corrected chi connectivity index (χ4v) is 3.26. The van der Waals surface area contributed by atoms with Gasteiger partial charge in [0.05, 0.1) is 6.42 Å². The van der Waals surface area contributed by atoms with Crippen molar-refractivity contribution in [3.05, 3.63) is 65.3 Å². The van der Waals surface area contributed by atoms with E-state index in [1.165, 1.54) is 0 Å². The lowest BCUT2D eigenvalue weighted by molar-refractivity contribution is -0.120. The number of carbonyl (C=O) groups is 1. The van der Waals surface area contributed by atoms with E-state index in [1.807, 2.05) is 36.7 Å². The Hall–Kier alpha value is -2.41. The number of hydrogen-bond acceptors (Lipinski definition) is 6. The molecule has 0 spiro atoms. The zero-order chi connectivity index (χ0) is 17.6. The molecule has 3 rings (SSSR count). The molecule has 0 aliphatic carbocycles. The van der Waals surface area contributed by atoms with Gasteiger partial charge in [-0.3, -0.25) is 9.78 Å². The highest BCUT2D eigenvalue weighted by Crippen LogP contribution is 2.26. The van der Waals surface area contributed by atoms with Crippen LogP contribution in [0.4, 0.5) is 0 Å². The van der Waals surface area contributed by atoms with Gasteiger partial charge in [0, 0.05) is 35.6 Å². The Morgan fingerprint density at radius 2 is 2.32 bits per heavy atom. The number of carbonyl (C=O) groups excluding carboxylic acids is 1. The summed E-state index contributed by atoms with van der Waals surface area (Å²) in [6.07, 6.45) is 11.3. The van der Waals surface area contributed by atoms with E-state index in [-0.39, 0.29) is 17.6 Å². The molecule has 7 heteroatoms.